The number of carbonyl (C=O) groups excluding carboxylic acids is 1. The second kappa shape index (κ2) is 4.57. The molecule has 0 unspecified atom stereocenters. The van der Waals surface area contributed by atoms with Gasteiger partial charge in [0.2, 0.25) is 0 Å². The zero-order chi connectivity index (χ0) is 12.4. The topological polar surface area (TPSA) is 41.9 Å². The average Bonchev–Trinajstić information content (AvgIpc) is 2.72. The summed E-state index contributed by atoms with van der Waals surface area (Å²) >= 11 is 0. The van der Waals surface area contributed by atoms with Crippen LogP contribution in [0.4, 0.5) is 5.69 Å². The Morgan fingerprint density at radius 2 is 2.18 bits per heavy atom. The first-order valence-corrected chi connectivity index (χ1v) is 5.66. The molecule has 4 heteroatoms. The molecule has 1 aliphatic heterocycles. The molecule has 0 aromatic heterocycles. The van der Waals surface area contributed by atoms with Gasteiger partial charge in [-0.1, -0.05) is 19.9 Å². The summed E-state index contributed by atoms with van der Waals surface area (Å²) in [6, 6.07) is 7.36. The van der Waals surface area contributed by atoms with Gasteiger partial charge < -0.3 is 4.74 Å². The van der Waals surface area contributed by atoms with Crippen molar-refractivity contribution < 1.29 is 9.53 Å². The minimum absolute atomic E-state index is 0.0157. The highest BCUT2D eigenvalue weighted by molar-refractivity contribution is 6.13. The summed E-state index contributed by atoms with van der Waals surface area (Å²) in [5.74, 6) is 1.04. The van der Waals surface area contributed by atoms with Crippen molar-refractivity contribution in [3.8, 4) is 5.75 Å². The van der Waals surface area contributed by atoms with Crippen LogP contribution < -0.4 is 9.75 Å². The van der Waals surface area contributed by atoms with E-state index in [0.717, 1.165) is 17.1 Å². The molecule has 90 valence electrons. The Morgan fingerprint density at radius 3 is 2.76 bits per heavy atom. The minimum Gasteiger partial charge on any atom is -0.497 e. The Labute approximate surface area is 101 Å². The number of hydrogen-bond donors (Lipinski definition) is 0. The van der Waals surface area contributed by atoms with Gasteiger partial charge in [-0.05, 0) is 18.1 Å². The lowest BCUT2D eigenvalue weighted by atomic mass is 10.1. The Balaban J connectivity index is 2.30. The second-order valence-corrected chi connectivity index (χ2v) is 4.33. The Kier molecular flexibility index (Phi) is 3.13. The van der Waals surface area contributed by atoms with E-state index < -0.39 is 0 Å². The molecule has 4 nitrogen and oxygen atoms in total. The molecule has 0 bridgehead atoms. The van der Waals surface area contributed by atoms with Crippen LogP contribution in [0.3, 0.4) is 0 Å². The number of hydrazone groups is 1. The van der Waals surface area contributed by atoms with Gasteiger partial charge in [0.25, 0.3) is 5.91 Å². The van der Waals surface area contributed by atoms with E-state index in [1.54, 1.807) is 7.11 Å². The van der Waals surface area contributed by atoms with Gasteiger partial charge in [0.05, 0.1) is 24.9 Å². The third kappa shape index (κ3) is 2.30. The number of ether oxygens (including phenoxy) is 1. The van der Waals surface area contributed by atoms with Crippen molar-refractivity contribution in [2.75, 3.05) is 12.1 Å². The number of anilines is 1. The zero-order valence-corrected chi connectivity index (χ0v) is 10.3. The molecule has 17 heavy (non-hydrogen) atoms. The van der Waals surface area contributed by atoms with E-state index in [2.05, 4.69) is 5.10 Å². The molecule has 1 amide bonds. The van der Waals surface area contributed by atoms with Crippen molar-refractivity contribution in [1.82, 2.24) is 0 Å². The normalized spacial score (nSPS) is 15.4. The summed E-state index contributed by atoms with van der Waals surface area (Å²) < 4.78 is 5.14. The number of benzene rings is 1. The van der Waals surface area contributed by atoms with Crippen LogP contribution in [0.2, 0.25) is 0 Å². The molecular weight excluding hydrogens is 216 g/mol. The molecule has 1 aromatic carbocycles. The summed E-state index contributed by atoms with van der Waals surface area (Å²) in [6.07, 6.45) is 0.412. The van der Waals surface area contributed by atoms with Gasteiger partial charge in [0.1, 0.15) is 5.75 Å². The number of carbonyl (C=O) groups is 1. The highest BCUT2D eigenvalue weighted by Crippen LogP contribution is 2.25. The molecule has 1 heterocycles. The van der Waals surface area contributed by atoms with Crippen molar-refractivity contribution >= 4 is 17.3 Å². The second-order valence-electron chi connectivity index (χ2n) is 4.33. The maximum Gasteiger partial charge on any atom is 0.253 e. The molecule has 1 aromatic rings. The maximum absolute atomic E-state index is 11.9. The van der Waals surface area contributed by atoms with Crippen LogP contribution in [-0.4, -0.2) is 18.7 Å². The first-order valence-electron chi connectivity index (χ1n) is 5.66. The van der Waals surface area contributed by atoms with Crippen LogP contribution in [-0.2, 0) is 4.79 Å². The van der Waals surface area contributed by atoms with Gasteiger partial charge in [0, 0.05) is 6.07 Å². The molecule has 0 N–H and O–H groups in total. The highest BCUT2D eigenvalue weighted by Gasteiger charge is 2.26. The fraction of sp³-hybridized carbons (Fsp3) is 0.385. The summed E-state index contributed by atoms with van der Waals surface area (Å²) in [5.41, 5.74) is 1.68. The predicted molar refractivity (Wildman–Crippen MR) is 67.4 cm³/mol. The SMILES string of the molecule is COc1cccc(N2N=C(C(C)C)CC2=O)c1. The summed E-state index contributed by atoms with van der Waals surface area (Å²) in [4.78, 5) is 11.9. The van der Waals surface area contributed by atoms with E-state index in [1.807, 2.05) is 38.1 Å². The van der Waals surface area contributed by atoms with E-state index in [-0.39, 0.29) is 5.91 Å². The van der Waals surface area contributed by atoms with E-state index in [1.165, 1.54) is 5.01 Å². The van der Waals surface area contributed by atoms with Gasteiger partial charge in [-0.2, -0.15) is 5.10 Å². The van der Waals surface area contributed by atoms with Crippen molar-refractivity contribution in [1.29, 1.82) is 0 Å². The molecule has 0 fully saturated rings. The average molecular weight is 232 g/mol. The van der Waals surface area contributed by atoms with Gasteiger partial charge in [0.15, 0.2) is 0 Å². The number of hydrogen-bond acceptors (Lipinski definition) is 3. The van der Waals surface area contributed by atoms with Crippen LogP contribution in [0.5, 0.6) is 5.75 Å². The fourth-order valence-electron chi connectivity index (χ4n) is 1.71. The standard InChI is InChI=1S/C13H16N2O2/c1-9(2)12-8-13(16)15(14-12)10-5-4-6-11(7-10)17-3/h4-7,9H,8H2,1-3H3. The summed E-state index contributed by atoms with van der Waals surface area (Å²) in [5, 5.41) is 5.82. The van der Waals surface area contributed by atoms with Crippen LogP contribution in [0.15, 0.2) is 29.4 Å². The lowest BCUT2D eigenvalue weighted by molar-refractivity contribution is -0.116. The van der Waals surface area contributed by atoms with E-state index in [0.29, 0.717) is 12.3 Å². The van der Waals surface area contributed by atoms with Crippen molar-refractivity contribution in [3.63, 3.8) is 0 Å². The first-order chi connectivity index (χ1) is 8.11. The number of methoxy groups -OCH3 is 1. The van der Waals surface area contributed by atoms with Crippen molar-refractivity contribution in [3.05, 3.63) is 24.3 Å². The van der Waals surface area contributed by atoms with E-state index >= 15 is 0 Å². The van der Waals surface area contributed by atoms with Crippen LogP contribution in [0.1, 0.15) is 20.3 Å². The van der Waals surface area contributed by atoms with Crippen LogP contribution in [0.25, 0.3) is 0 Å². The van der Waals surface area contributed by atoms with Gasteiger partial charge in [-0.3, -0.25) is 4.79 Å². The van der Waals surface area contributed by atoms with Gasteiger partial charge in [-0.25, -0.2) is 5.01 Å². The van der Waals surface area contributed by atoms with Crippen LogP contribution in [0, 0.1) is 5.92 Å². The van der Waals surface area contributed by atoms with Crippen molar-refractivity contribution in [2.45, 2.75) is 20.3 Å². The van der Waals surface area contributed by atoms with E-state index in [9.17, 15) is 4.79 Å². The van der Waals surface area contributed by atoms with Gasteiger partial charge in [-0.15, -0.1) is 0 Å². The van der Waals surface area contributed by atoms with Gasteiger partial charge >= 0.3 is 0 Å². The molecular formula is C13H16N2O2. The quantitative estimate of drug-likeness (QED) is 0.803. The summed E-state index contributed by atoms with van der Waals surface area (Å²) in [6.45, 7) is 4.09. The lowest BCUT2D eigenvalue weighted by Gasteiger charge is -2.12. The fourth-order valence-corrected chi connectivity index (χ4v) is 1.71. The molecule has 0 atom stereocenters. The molecule has 0 saturated carbocycles. The zero-order valence-electron chi connectivity index (χ0n) is 10.3. The number of rotatable bonds is 3. The lowest BCUT2D eigenvalue weighted by Crippen LogP contribution is -2.19. The highest BCUT2D eigenvalue weighted by atomic mass is 16.5. The molecule has 0 spiro atoms. The van der Waals surface area contributed by atoms with Crippen molar-refractivity contribution in [2.24, 2.45) is 11.0 Å². The molecule has 0 saturated heterocycles. The molecule has 0 radical (unpaired) electrons. The van der Waals surface area contributed by atoms with Crippen LogP contribution >= 0.6 is 0 Å². The Bertz CT molecular complexity index is 466. The first kappa shape index (κ1) is 11.6. The molecule has 2 rings (SSSR count). The maximum atomic E-state index is 11.9. The predicted octanol–water partition coefficient (Wildman–Crippen LogP) is 2.44. The minimum atomic E-state index is 0.0157. The largest absolute Gasteiger partial charge is 0.497 e. The monoisotopic (exact) mass is 232 g/mol. The van der Waals surface area contributed by atoms with E-state index in [4.69, 9.17) is 4.74 Å². The Morgan fingerprint density at radius 1 is 1.41 bits per heavy atom. The molecule has 0 aliphatic carbocycles. The number of nitrogens with zero attached hydrogens (tertiary/aromatic N) is 2. The smallest absolute Gasteiger partial charge is 0.253 e. The molecule has 1 aliphatic rings. The Hall–Kier alpha value is -1.84. The number of amides is 1. The third-order valence-electron chi connectivity index (χ3n) is 2.76. The summed E-state index contributed by atoms with van der Waals surface area (Å²) in [7, 11) is 1.60. The third-order valence-corrected chi connectivity index (χ3v) is 2.76.